The Balaban J connectivity index is 1.44. The molecule has 0 radical (unpaired) electrons. The summed E-state index contributed by atoms with van der Waals surface area (Å²) in [6.45, 7) is 2.54. The SMILES string of the molecule is O=C(Cc1cccs1)N[C@@H]1C(=O)N2C(C(=O)O)=C(CN3CCCCC3)CSC12. The van der Waals surface area contributed by atoms with Crippen LogP contribution < -0.4 is 5.32 Å². The summed E-state index contributed by atoms with van der Waals surface area (Å²) in [7, 11) is 0. The molecule has 4 heterocycles. The predicted octanol–water partition coefficient (Wildman–Crippen LogP) is 1.52. The van der Waals surface area contributed by atoms with Crippen LogP contribution in [0.4, 0.5) is 0 Å². The van der Waals surface area contributed by atoms with Crippen molar-refractivity contribution in [1.82, 2.24) is 15.1 Å². The van der Waals surface area contributed by atoms with Gasteiger partial charge < -0.3 is 10.4 Å². The molecule has 2 N–H and O–H groups in total. The second-order valence-electron chi connectivity index (χ2n) is 7.31. The number of carbonyl (C=O) groups excluding carboxylic acids is 2. The van der Waals surface area contributed by atoms with Crippen molar-refractivity contribution in [3.8, 4) is 0 Å². The van der Waals surface area contributed by atoms with Crippen LogP contribution in [0.1, 0.15) is 24.1 Å². The number of thiophene rings is 1. The summed E-state index contributed by atoms with van der Waals surface area (Å²) in [6, 6.07) is 3.12. The van der Waals surface area contributed by atoms with Crippen molar-refractivity contribution >= 4 is 40.9 Å². The molecule has 28 heavy (non-hydrogen) atoms. The van der Waals surface area contributed by atoms with Gasteiger partial charge in [-0.3, -0.25) is 19.4 Å². The van der Waals surface area contributed by atoms with Crippen molar-refractivity contribution in [3.63, 3.8) is 0 Å². The molecule has 1 aromatic rings. The Morgan fingerprint density at radius 1 is 1.25 bits per heavy atom. The molecule has 0 aromatic carbocycles. The zero-order chi connectivity index (χ0) is 19.7. The van der Waals surface area contributed by atoms with Crippen LogP contribution in [0.25, 0.3) is 0 Å². The van der Waals surface area contributed by atoms with Crippen LogP contribution in [-0.2, 0) is 20.8 Å². The molecular formula is C19H23N3O4S2. The van der Waals surface area contributed by atoms with Crippen molar-refractivity contribution < 1.29 is 19.5 Å². The van der Waals surface area contributed by atoms with Gasteiger partial charge in [-0.25, -0.2) is 4.79 Å². The van der Waals surface area contributed by atoms with Crippen LogP contribution in [0.15, 0.2) is 28.8 Å². The van der Waals surface area contributed by atoms with E-state index in [9.17, 15) is 19.5 Å². The number of fused-ring (bicyclic) bond motifs is 1. The van der Waals surface area contributed by atoms with Crippen LogP contribution in [0.3, 0.4) is 0 Å². The maximum atomic E-state index is 12.7. The molecule has 2 fully saturated rings. The summed E-state index contributed by atoms with van der Waals surface area (Å²) in [4.78, 5) is 41.4. The van der Waals surface area contributed by atoms with E-state index in [0.29, 0.717) is 12.3 Å². The molecule has 0 aliphatic carbocycles. The topological polar surface area (TPSA) is 90.0 Å². The zero-order valence-corrected chi connectivity index (χ0v) is 17.1. The number of hydrogen-bond acceptors (Lipinski definition) is 6. The van der Waals surface area contributed by atoms with Crippen LogP contribution >= 0.6 is 23.1 Å². The zero-order valence-electron chi connectivity index (χ0n) is 15.4. The molecule has 2 atom stereocenters. The van der Waals surface area contributed by atoms with Crippen LogP contribution in [-0.4, -0.2) is 69.5 Å². The Morgan fingerprint density at radius 3 is 2.71 bits per heavy atom. The quantitative estimate of drug-likeness (QED) is 0.677. The Kier molecular flexibility index (Phi) is 5.75. The third-order valence-corrected chi connectivity index (χ3v) is 7.56. The van der Waals surface area contributed by atoms with Gasteiger partial charge in [-0.05, 0) is 43.0 Å². The minimum absolute atomic E-state index is 0.114. The first-order chi connectivity index (χ1) is 13.5. The standard InChI is InChI=1S/C19H23N3O4S2/c23-14(9-13-5-4-8-27-13)20-15-17(24)22-16(19(25)26)12(11-28-18(15)22)10-21-6-2-1-3-7-21/h4-5,8,15,18H,1-3,6-7,9-11H2,(H,20,23)(H,25,26)/t15-,18?/m1/s1. The molecule has 3 aliphatic rings. The summed E-state index contributed by atoms with van der Waals surface area (Å²) < 4.78 is 0. The summed E-state index contributed by atoms with van der Waals surface area (Å²) in [5.74, 6) is -1.02. The van der Waals surface area contributed by atoms with E-state index in [2.05, 4.69) is 10.2 Å². The third kappa shape index (κ3) is 3.83. The number of piperidine rings is 1. The largest absolute Gasteiger partial charge is 0.477 e. The number of amides is 2. The minimum Gasteiger partial charge on any atom is -0.477 e. The van der Waals surface area contributed by atoms with Crippen LogP contribution in [0, 0.1) is 0 Å². The first-order valence-electron chi connectivity index (χ1n) is 9.48. The van der Waals surface area contributed by atoms with Crippen molar-refractivity contribution in [3.05, 3.63) is 33.7 Å². The van der Waals surface area contributed by atoms with Crippen LogP contribution in [0.5, 0.6) is 0 Å². The van der Waals surface area contributed by atoms with Gasteiger partial charge in [-0.2, -0.15) is 0 Å². The number of rotatable bonds is 6. The smallest absolute Gasteiger partial charge is 0.352 e. The molecule has 9 heteroatoms. The molecule has 2 amide bonds. The molecule has 150 valence electrons. The number of carboxylic acids is 1. The van der Waals surface area contributed by atoms with Crippen molar-refractivity contribution in [1.29, 1.82) is 0 Å². The fourth-order valence-corrected chi connectivity index (χ4v) is 6.03. The molecule has 1 unspecified atom stereocenters. The van der Waals surface area contributed by atoms with Gasteiger partial charge in [0.1, 0.15) is 17.1 Å². The molecule has 2 saturated heterocycles. The van der Waals surface area contributed by atoms with Crippen molar-refractivity contribution in [2.75, 3.05) is 25.4 Å². The van der Waals surface area contributed by atoms with Gasteiger partial charge >= 0.3 is 5.97 Å². The molecule has 0 spiro atoms. The van der Waals surface area contributed by atoms with E-state index in [1.165, 1.54) is 34.4 Å². The van der Waals surface area contributed by atoms with Crippen molar-refractivity contribution in [2.45, 2.75) is 37.1 Å². The number of carbonyl (C=O) groups is 3. The monoisotopic (exact) mass is 421 g/mol. The highest BCUT2D eigenvalue weighted by molar-refractivity contribution is 8.00. The number of nitrogens with one attached hydrogen (secondary N) is 1. The average Bonchev–Trinajstić information content (AvgIpc) is 3.19. The number of β-lactam (4-membered cyclic amide) rings is 1. The Labute approximate surface area is 171 Å². The molecular weight excluding hydrogens is 398 g/mol. The predicted molar refractivity (Wildman–Crippen MR) is 108 cm³/mol. The lowest BCUT2D eigenvalue weighted by atomic mass is 10.0. The van der Waals surface area contributed by atoms with Gasteiger partial charge in [-0.15, -0.1) is 23.1 Å². The average molecular weight is 422 g/mol. The molecule has 4 rings (SSSR count). The van der Waals surface area contributed by atoms with Gasteiger partial charge in [0, 0.05) is 17.2 Å². The molecule has 1 aromatic heterocycles. The number of nitrogens with zero attached hydrogens (tertiary/aromatic N) is 2. The summed E-state index contributed by atoms with van der Waals surface area (Å²) in [6.07, 6.45) is 3.72. The second-order valence-corrected chi connectivity index (χ2v) is 9.44. The van der Waals surface area contributed by atoms with Gasteiger partial charge in [0.25, 0.3) is 5.91 Å². The molecule has 3 aliphatic heterocycles. The number of hydrogen-bond donors (Lipinski definition) is 2. The minimum atomic E-state index is -1.06. The normalized spacial score (nSPS) is 25.3. The van der Waals surface area contributed by atoms with E-state index in [4.69, 9.17) is 0 Å². The molecule has 7 nitrogen and oxygen atoms in total. The summed E-state index contributed by atoms with van der Waals surface area (Å²) in [5.41, 5.74) is 0.912. The van der Waals surface area contributed by atoms with E-state index >= 15 is 0 Å². The lowest BCUT2D eigenvalue weighted by Crippen LogP contribution is -2.70. The Hall–Kier alpha value is -1.84. The highest BCUT2D eigenvalue weighted by Crippen LogP contribution is 2.40. The molecule has 0 bridgehead atoms. The van der Waals surface area contributed by atoms with Gasteiger partial charge in [-0.1, -0.05) is 12.5 Å². The van der Waals surface area contributed by atoms with Crippen LogP contribution in [0.2, 0.25) is 0 Å². The van der Waals surface area contributed by atoms with Gasteiger partial charge in [0.2, 0.25) is 5.91 Å². The second kappa shape index (κ2) is 8.26. The first kappa shape index (κ1) is 19.5. The highest BCUT2D eigenvalue weighted by atomic mass is 32.2. The van der Waals surface area contributed by atoms with Gasteiger partial charge in [0.05, 0.1) is 6.42 Å². The Bertz CT molecular complexity index is 802. The maximum Gasteiger partial charge on any atom is 0.352 e. The van der Waals surface area contributed by atoms with E-state index in [1.54, 1.807) is 0 Å². The van der Waals surface area contributed by atoms with E-state index in [1.807, 2.05) is 17.5 Å². The Morgan fingerprint density at radius 2 is 2.04 bits per heavy atom. The van der Waals surface area contributed by atoms with E-state index in [0.717, 1.165) is 36.4 Å². The number of carboxylic acid groups (broad SMARTS) is 1. The van der Waals surface area contributed by atoms with E-state index < -0.39 is 12.0 Å². The lowest BCUT2D eigenvalue weighted by molar-refractivity contribution is -0.150. The van der Waals surface area contributed by atoms with Crippen molar-refractivity contribution in [2.24, 2.45) is 0 Å². The highest BCUT2D eigenvalue weighted by Gasteiger charge is 2.54. The molecule has 0 saturated carbocycles. The fourth-order valence-electron chi connectivity index (χ4n) is 3.99. The lowest BCUT2D eigenvalue weighted by Gasteiger charge is -2.49. The fraction of sp³-hybridized carbons (Fsp3) is 0.526. The summed E-state index contributed by atoms with van der Waals surface area (Å²) >= 11 is 3.04. The van der Waals surface area contributed by atoms with E-state index in [-0.39, 0.29) is 29.3 Å². The number of thioether (sulfide) groups is 1. The van der Waals surface area contributed by atoms with Gasteiger partial charge in [0.15, 0.2) is 0 Å². The number of aliphatic carboxylic acids is 1. The third-order valence-electron chi connectivity index (χ3n) is 5.34. The first-order valence-corrected chi connectivity index (χ1v) is 11.4. The summed E-state index contributed by atoms with van der Waals surface area (Å²) in [5, 5.41) is 14.1. The number of likely N-dealkylation sites (tertiary alicyclic amines) is 1. The maximum absolute atomic E-state index is 12.7.